The van der Waals surface area contributed by atoms with Gasteiger partial charge in [0.2, 0.25) is 0 Å². The third-order valence-corrected chi connectivity index (χ3v) is 3.55. The van der Waals surface area contributed by atoms with E-state index in [9.17, 15) is 10.2 Å². The number of phenolic OH excluding ortho intramolecular Hbond substituents is 1. The molecule has 0 aromatic heterocycles. The number of rotatable bonds is 3. The number of aliphatic hydroxyl groups excluding tert-OH is 1. The van der Waals surface area contributed by atoms with Crippen molar-refractivity contribution in [3.63, 3.8) is 0 Å². The lowest BCUT2D eigenvalue weighted by atomic mass is 9.92. The van der Waals surface area contributed by atoms with Gasteiger partial charge in [-0.25, -0.2) is 0 Å². The van der Waals surface area contributed by atoms with E-state index < -0.39 is 0 Å². The zero-order valence-corrected chi connectivity index (χ0v) is 10.3. The van der Waals surface area contributed by atoms with E-state index >= 15 is 0 Å². The fourth-order valence-corrected chi connectivity index (χ4v) is 2.49. The Morgan fingerprint density at radius 2 is 1.94 bits per heavy atom. The highest BCUT2D eigenvalue weighted by atomic mass is 16.3. The molecule has 3 N–H and O–H groups in total. The lowest BCUT2D eigenvalue weighted by molar-refractivity contribution is 0.114. The van der Waals surface area contributed by atoms with Crippen LogP contribution in [0.25, 0.3) is 0 Å². The van der Waals surface area contributed by atoms with Crippen molar-refractivity contribution in [2.45, 2.75) is 50.8 Å². The Morgan fingerprint density at radius 1 is 1.24 bits per heavy atom. The van der Waals surface area contributed by atoms with E-state index in [1.807, 2.05) is 12.1 Å². The van der Waals surface area contributed by atoms with Gasteiger partial charge >= 0.3 is 0 Å². The highest BCUT2D eigenvalue weighted by molar-refractivity contribution is 5.29. The molecule has 0 heterocycles. The van der Waals surface area contributed by atoms with Crippen LogP contribution in [0.5, 0.6) is 5.75 Å². The number of nitrogens with one attached hydrogen (secondary N) is 1. The van der Waals surface area contributed by atoms with Crippen LogP contribution in [-0.4, -0.2) is 22.4 Å². The zero-order chi connectivity index (χ0) is 12.3. The fourth-order valence-electron chi connectivity index (χ4n) is 2.49. The van der Waals surface area contributed by atoms with Gasteiger partial charge in [0, 0.05) is 12.1 Å². The van der Waals surface area contributed by atoms with Crippen LogP contribution >= 0.6 is 0 Å². The van der Waals surface area contributed by atoms with Crippen LogP contribution in [-0.2, 0) is 0 Å². The molecule has 17 heavy (non-hydrogen) atoms. The standard InChI is InChI=1S/C14H21NO2/c1-10(11-3-2-4-14(17)9-11)15-12-5-7-13(16)8-6-12/h2-4,9-10,12-13,15-17H,5-8H2,1H3. The summed E-state index contributed by atoms with van der Waals surface area (Å²) in [6, 6.07) is 8.10. The molecule has 3 heteroatoms. The monoisotopic (exact) mass is 235 g/mol. The molecule has 1 saturated carbocycles. The second kappa shape index (κ2) is 5.52. The van der Waals surface area contributed by atoms with E-state index in [0.29, 0.717) is 11.8 Å². The molecule has 3 nitrogen and oxygen atoms in total. The van der Waals surface area contributed by atoms with Gasteiger partial charge in [-0.15, -0.1) is 0 Å². The Morgan fingerprint density at radius 3 is 2.59 bits per heavy atom. The molecule has 1 aromatic rings. The maximum atomic E-state index is 9.45. The van der Waals surface area contributed by atoms with Crippen molar-refractivity contribution in [3.8, 4) is 5.75 Å². The van der Waals surface area contributed by atoms with Crippen molar-refractivity contribution in [1.82, 2.24) is 5.32 Å². The first kappa shape index (κ1) is 12.4. The summed E-state index contributed by atoms with van der Waals surface area (Å²) in [7, 11) is 0. The van der Waals surface area contributed by atoms with E-state index in [1.165, 1.54) is 0 Å². The molecule has 1 unspecified atom stereocenters. The average molecular weight is 235 g/mol. The summed E-state index contributed by atoms with van der Waals surface area (Å²) in [6.07, 6.45) is 3.74. The molecule has 1 aromatic carbocycles. The molecule has 0 radical (unpaired) electrons. The predicted octanol–water partition coefficient (Wildman–Crippen LogP) is 2.35. The van der Waals surface area contributed by atoms with Gasteiger partial charge < -0.3 is 15.5 Å². The van der Waals surface area contributed by atoms with Crippen molar-refractivity contribution < 1.29 is 10.2 Å². The Balaban J connectivity index is 1.90. The van der Waals surface area contributed by atoms with Gasteiger partial charge in [-0.05, 0) is 50.3 Å². The minimum atomic E-state index is -0.107. The highest BCUT2D eigenvalue weighted by Crippen LogP contribution is 2.23. The first-order valence-corrected chi connectivity index (χ1v) is 6.38. The second-order valence-corrected chi connectivity index (χ2v) is 4.99. The lowest BCUT2D eigenvalue weighted by Gasteiger charge is -2.29. The van der Waals surface area contributed by atoms with Gasteiger partial charge in [0.1, 0.15) is 5.75 Å². The van der Waals surface area contributed by atoms with Crippen LogP contribution in [0.1, 0.15) is 44.2 Å². The smallest absolute Gasteiger partial charge is 0.115 e. The second-order valence-electron chi connectivity index (χ2n) is 4.99. The maximum Gasteiger partial charge on any atom is 0.115 e. The quantitative estimate of drug-likeness (QED) is 0.753. The third kappa shape index (κ3) is 3.45. The van der Waals surface area contributed by atoms with Crippen molar-refractivity contribution >= 4 is 0 Å². The summed E-state index contributed by atoms with van der Waals surface area (Å²) < 4.78 is 0. The average Bonchev–Trinajstić information content (AvgIpc) is 2.32. The van der Waals surface area contributed by atoms with Crippen molar-refractivity contribution in [2.24, 2.45) is 0 Å². The number of hydrogen-bond donors (Lipinski definition) is 3. The first-order chi connectivity index (χ1) is 8.15. The van der Waals surface area contributed by atoms with E-state index in [4.69, 9.17) is 0 Å². The Hall–Kier alpha value is -1.06. The summed E-state index contributed by atoms with van der Waals surface area (Å²) in [6.45, 7) is 2.11. The fraction of sp³-hybridized carbons (Fsp3) is 0.571. The van der Waals surface area contributed by atoms with Crippen LogP contribution in [0.15, 0.2) is 24.3 Å². The molecule has 0 amide bonds. The van der Waals surface area contributed by atoms with Crippen LogP contribution in [0.2, 0.25) is 0 Å². The van der Waals surface area contributed by atoms with E-state index in [-0.39, 0.29) is 12.1 Å². The van der Waals surface area contributed by atoms with E-state index in [1.54, 1.807) is 12.1 Å². The van der Waals surface area contributed by atoms with Gasteiger partial charge in [0.25, 0.3) is 0 Å². The molecule has 1 atom stereocenters. The Labute approximate surface area is 102 Å². The van der Waals surface area contributed by atoms with Gasteiger partial charge in [-0.2, -0.15) is 0 Å². The van der Waals surface area contributed by atoms with Crippen LogP contribution < -0.4 is 5.32 Å². The highest BCUT2D eigenvalue weighted by Gasteiger charge is 2.20. The molecule has 1 fully saturated rings. The molecular weight excluding hydrogens is 214 g/mol. The number of aromatic hydroxyl groups is 1. The van der Waals surface area contributed by atoms with E-state index in [2.05, 4.69) is 12.2 Å². The predicted molar refractivity (Wildman–Crippen MR) is 67.9 cm³/mol. The molecule has 2 rings (SSSR count). The number of phenols is 1. The number of benzene rings is 1. The topological polar surface area (TPSA) is 52.5 Å². The Bertz CT molecular complexity index is 359. The largest absolute Gasteiger partial charge is 0.508 e. The van der Waals surface area contributed by atoms with E-state index in [0.717, 1.165) is 31.2 Å². The molecule has 0 bridgehead atoms. The molecule has 0 aliphatic heterocycles. The first-order valence-electron chi connectivity index (χ1n) is 6.38. The molecular formula is C14H21NO2. The van der Waals surface area contributed by atoms with Crippen molar-refractivity contribution in [2.75, 3.05) is 0 Å². The van der Waals surface area contributed by atoms with Crippen LogP contribution in [0.3, 0.4) is 0 Å². The molecule has 0 saturated heterocycles. The van der Waals surface area contributed by atoms with Gasteiger partial charge in [0.15, 0.2) is 0 Å². The van der Waals surface area contributed by atoms with Crippen LogP contribution in [0, 0.1) is 0 Å². The molecule has 0 spiro atoms. The maximum absolute atomic E-state index is 9.45. The third-order valence-electron chi connectivity index (χ3n) is 3.55. The number of aliphatic hydroxyl groups is 1. The lowest BCUT2D eigenvalue weighted by Crippen LogP contribution is -2.36. The van der Waals surface area contributed by atoms with Crippen molar-refractivity contribution in [3.05, 3.63) is 29.8 Å². The molecule has 1 aliphatic rings. The normalized spacial score (nSPS) is 26.7. The van der Waals surface area contributed by atoms with Gasteiger partial charge in [-0.3, -0.25) is 0 Å². The van der Waals surface area contributed by atoms with Gasteiger partial charge in [0.05, 0.1) is 6.10 Å². The summed E-state index contributed by atoms with van der Waals surface area (Å²) in [5, 5.41) is 22.5. The Kier molecular flexibility index (Phi) is 4.02. The minimum Gasteiger partial charge on any atom is -0.508 e. The molecule has 94 valence electrons. The summed E-state index contributed by atoms with van der Waals surface area (Å²) >= 11 is 0. The molecule has 1 aliphatic carbocycles. The summed E-state index contributed by atoms with van der Waals surface area (Å²) in [4.78, 5) is 0. The summed E-state index contributed by atoms with van der Waals surface area (Å²) in [5.41, 5.74) is 1.11. The van der Waals surface area contributed by atoms with Crippen molar-refractivity contribution in [1.29, 1.82) is 0 Å². The number of hydrogen-bond acceptors (Lipinski definition) is 3. The SMILES string of the molecule is CC(NC1CCC(O)CC1)c1cccc(O)c1. The zero-order valence-electron chi connectivity index (χ0n) is 10.3. The summed E-state index contributed by atoms with van der Waals surface area (Å²) in [5.74, 6) is 0.315. The minimum absolute atomic E-state index is 0.107. The van der Waals surface area contributed by atoms with Crippen LogP contribution in [0.4, 0.5) is 0 Å². The van der Waals surface area contributed by atoms with Gasteiger partial charge in [-0.1, -0.05) is 12.1 Å².